The van der Waals surface area contributed by atoms with Gasteiger partial charge in [0.2, 0.25) is 11.8 Å². The first-order valence-electron chi connectivity index (χ1n) is 6.10. The number of primary amides is 1. The molecular weight excluding hydrogens is 323 g/mol. The van der Waals surface area contributed by atoms with E-state index in [9.17, 15) is 22.8 Å². The van der Waals surface area contributed by atoms with Crippen LogP contribution in [0.2, 0.25) is 0 Å². The second-order valence-electron chi connectivity index (χ2n) is 4.65. The molecule has 1 unspecified atom stereocenters. The number of hydrogen-bond donors (Lipinski definition) is 3. The van der Waals surface area contributed by atoms with Gasteiger partial charge < -0.3 is 16.8 Å². The summed E-state index contributed by atoms with van der Waals surface area (Å²) in [5.41, 5.74) is 7.74. The van der Waals surface area contributed by atoms with Crippen LogP contribution < -0.4 is 16.8 Å². The van der Waals surface area contributed by atoms with Crippen molar-refractivity contribution in [1.82, 2.24) is 5.32 Å². The van der Waals surface area contributed by atoms with Gasteiger partial charge in [-0.2, -0.15) is 13.2 Å². The molecule has 0 saturated heterocycles. The molecule has 5 nitrogen and oxygen atoms in total. The van der Waals surface area contributed by atoms with Gasteiger partial charge in [-0.25, -0.2) is 0 Å². The molecule has 1 aromatic rings. The number of amides is 2. The lowest BCUT2D eigenvalue weighted by atomic mass is 9.89. The molecular formula is C13H17ClF3N3O2. The summed E-state index contributed by atoms with van der Waals surface area (Å²) < 4.78 is 38.2. The molecule has 1 rings (SSSR count). The average molecular weight is 340 g/mol. The Morgan fingerprint density at radius 2 is 1.77 bits per heavy atom. The Kier molecular flexibility index (Phi) is 6.85. The van der Waals surface area contributed by atoms with Crippen molar-refractivity contribution in [1.29, 1.82) is 0 Å². The van der Waals surface area contributed by atoms with Crippen LogP contribution in [-0.2, 0) is 21.3 Å². The molecule has 0 saturated carbocycles. The van der Waals surface area contributed by atoms with Gasteiger partial charge in [0.25, 0.3) is 0 Å². The van der Waals surface area contributed by atoms with Gasteiger partial charge in [-0.3, -0.25) is 9.59 Å². The number of carbonyl (C=O) groups excluding carboxylic acids is 2. The summed E-state index contributed by atoms with van der Waals surface area (Å²) in [6.07, 6.45) is -4.63. The van der Waals surface area contributed by atoms with Crippen LogP contribution >= 0.6 is 12.4 Å². The fourth-order valence-corrected chi connectivity index (χ4v) is 1.75. The number of halogens is 4. The van der Waals surface area contributed by atoms with Crippen molar-refractivity contribution in [3.8, 4) is 0 Å². The van der Waals surface area contributed by atoms with Crippen LogP contribution in [-0.4, -0.2) is 18.4 Å². The highest BCUT2D eigenvalue weighted by Gasteiger charge is 2.37. The first-order chi connectivity index (χ1) is 9.61. The number of benzene rings is 1. The minimum absolute atomic E-state index is 0. The summed E-state index contributed by atoms with van der Waals surface area (Å²) in [6, 6.07) is 4.09. The van der Waals surface area contributed by atoms with E-state index in [4.69, 9.17) is 11.5 Å². The van der Waals surface area contributed by atoms with Gasteiger partial charge in [0, 0.05) is 13.0 Å². The summed E-state index contributed by atoms with van der Waals surface area (Å²) >= 11 is 0. The highest BCUT2D eigenvalue weighted by molar-refractivity contribution is 5.91. The summed E-state index contributed by atoms with van der Waals surface area (Å²) in [4.78, 5) is 23.2. The van der Waals surface area contributed by atoms with Crippen LogP contribution in [0, 0.1) is 0 Å². The Hall–Kier alpha value is -1.80. The third kappa shape index (κ3) is 4.60. The summed E-state index contributed by atoms with van der Waals surface area (Å²) in [5.74, 6) is -1.54. The summed E-state index contributed by atoms with van der Waals surface area (Å²) in [6.45, 7) is 1.29. The summed E-state index contributed by atoms with van der Waals surface area (Å²) in [7, 11) is 0. The monoisotopic (exact) mass is 339 g/mol. The third-order valence-corrected chi connectivity index (χ3v) is 3.02. The van der Waals surface area contributed by atoms with Crippen LogP contribution in [0.5, 0.6) is 0 Å². The van der Waals surface area contributed by atoms with Crippen LogP contribution in [0.1, 0.15) is 24.5 Å². The Morgan fingerprint density at radius 3 is 2.23 bits per heavy atom. The molecule has 9 heteroatoms. The van der Waals surface area contributed by atoms with E-state index in [-0.39, 0.29) is 30.9 Å². The van der Waals surface area contributed by atoms with Crippen LogP contribution in [0.25, 0.3) is 0 Å². The zero-order valence-electron chi connectivity index (χ0n) is 11.7. The van der Waals surface area contributed by atoms with Crippen molar-refractivity contribution >= 4 is 24.2 Å². The SMILES string of the molecule is CC(NC(=O)CCN)(C(N)=O)c1cccc(C(F)(F)F)c1.Cl. The lowest BCUT2D eigenvalue weighted by Gasteiger charge is -2.28. The molecule has 0 aromatic heterocycles. The largest absolute Gasteiger partial charge is 0.416 e. The van der Waals surface area contributed by atoms with Gasteiger partial charge in [0.1, 0.15) is 5.54 Å². The average Bonchev–Trinajstić information content (AvgIpc) is 2.37. The number of alkyl halides is 3. The molecule has 124 valence electrons. The minimum atomic E-state index is -4.56. The molecule has 0 bridgehead atoms. The van der Waals surface area contributed by atoms with Gasteiger partial charge in [-0.15, -0.1) is 12.4 Å². The highest BCUT2D eigenvalue weighted by Crippen LogP contribution is 2.32. The third-order valence-electron chi connectivity index (χ3n) is 3.02. The molecule has 0 fully saturated rings. The fourth-order valence-electron chi connectivity index (χ4n) is 1.75. The fraction of sp³-hybridized carbons (Fsp3) is 0.385. The lowest BCUT2D eigenvalue weighted by molar-refractivity contribution is -0.138. The molecule has 2 amide bonds. The van der Waals surface area contributed by atoms with Crippen LogP contribution in [0.3, 0.4) is 0 Å². The number of carbonyl (C=O) groups is 2. The topological polar surface area (TPSA) is 98.2 Å². The number of nitrogens with two attached hydrogens (primary N) is 2. The Morgan fingerprint density at radius 1 is 1.23 bits per heavy atom. The molecule has 1 atom stereocenters. The molecule has 0 heterocycles. The standard InChI is InChI=1S/C13H16F3N3O2.ClH/c1-12(11(18)21,19-10(20)5-6-17)8-3-2-4-9(7-8)13(14,15)16;/h2-4,7H,5-6,17H2,1H3,(H2,18,21)(H,19,20);1H. The first kappa shape index (κ1) is 20.2. The van der Waals surface area contributed by atoms with E-state index < -0.39 is 29.1 Å². The Labute approximate surface area is 131 Å². The molecule has 0 aliphatic carbocycles. The maximum absolute atomic E-state index is 12.7. The second kappa shape index (κ2) is 7.46. The number of rotatable bonds is 5. The van der Waals surface area contributed by atoms with Crippen LogP contribution in [0.15, 0.2) is 24.3 Å². The van der Waals surface area contributed by atoms with Gasteiger partial charge in [0.15, 0.2) is 0 Å². The number of nitrogens with one attached hydrogen (secondary N) is 1. The molecule has 0 radical (unpaired) electrons. The zero-order valence-corrected chi connectivity index (χ0v) is 12.6. The van der Waals surface area contributed by atoms with E-state index in [0.29, 0.717) is 0 Å². The number of hydrogen-bond acceptors (Lipinski definition) is 3. The van der Waals surface area contributed by atoms with E-state index in [0.717, 1.165) is 18.2 Å². The molecule has 0 spiro atoms. The van der Waals surface area contributed by atoms with E-state index in [2.05, 4.69) is 5.32 Å². The maximum atomic E-state index is 12.7. The van der Waals surface area contributed by atoms with Crippen molar-refractivity contribution < 1.29 is 22.8 Å². The quantitative estimate of drug-likeness (QED) is 0.754. The smallest absolute Gasteiger partial charge is 0.367 e. The molecule has 1 aromatic carbocycles. The van der Waals surface area contributed by atoms with E-state index in [1.807, 2.05) is 0 Å². The van der Waals surface area contributed by atoms with Crippen molar-refractivity contribution in [3.63, 3.8) is 0 Å². The van der Waals surface area contributed by atoms with Crippen LogP contribution in [0.4, 0.5) is 13.2 Å². The summed E-state index contributed by atoms with van der Waals surface area (Å²) in [5, 5.41) is 2.33. The van der Waals surface area contributed by atoms with Gasteiger partial charge >= 0.3 is 6.18 Å². The molecule has 0 aliphatic heterocycles. The van der Waals surface area contributed by atoms with E-state index in [1.165, 1.54) is 13.0 Å². The van der Waals surface area contributed by atoms with Crippen molar-refractivity contribution in [2.75, 3.05) is 6.54 Å². The van der Waals surface area contributed by atoms with Crippen molar-refractivity contribution in [2.45, 2.75) is 25.1 Å². The molecule has 0 aliphatic rings. The predicted molar refractivity (Wildman–Crippen MR) is 77.1 cm³/mol. The second-order valence-corrected chi connectivity index (χ2v) is 4.65. The zero-order chi connectivity index (χ0) is 16.3. The van der Waals surface area contributed by atoms with Crippen molar-refractivity contribution in [3.05, 3.63) is 35.4 Å². The molecule has 22 heavy (non-hydrogen) atoms. The Bertz CT molecular complexity index is 552. The predicted octanol–water partition coefficient (Wildman–Crippen LogP) is 1.29. The van der Waals surface area contributed by atoms with E-state index in [1.54, 1.807) is 0 Å². The first-order valence-corrected chi connectivity index (χ1v) is 6.10. The molecule has 5 N–H and O–H groups in total. The highest BCUT2D eigenvalue weighted by atomic mass is 35.5. The normalized spacial score (nSPS) is 13.7. The maximum Gasteiger partial charge on any atom is 0.416 e. The van der Waals surface area contributed by atoms with Gasteiger partial charge in [-0.05, 0) is 24.6 Å². The van der Waals surface area contributed by atoms with Crippen molar-refractivity contribution in [2.24, 2.45) is 11.5 Å². The minimum Gasteiger partial charge on any atom is -0.367 e. The lowest BCUT2D eigenvalue weighted by Crippen LogP contribution is -2.53. The van der Waals surface area contributed by atoms with Gasteiger partial charge in [-0.1, -0.05) is 12.1 Å². The Balaban J connectivity index is 0.00000441. The van der Waals surface area contributed by atoms with E-state index >= 15 is 0 Å². The van der Waals surface area contributed by atoms with Gasteiger partial charge in [0.05, 0.1) is 5.56 Å².